The van der Waals surface area contributed by atoms with E-state index in [0.717, 1.165) is 10.5 Å². The summed E-state index contributed by atoms with van der Waals surface area (Å²) in [6, 6.07) is 11.4. The maximum absolute atomic E-state index is 12.8. The smallest absolute Gasteiger partial charge is 0.331 e. The largest absolute Gasteiger partial charge is 0.467 e. The molecule has 4 rings (SSSR count). The lowest BCUT2D eigenvalue weighted by molar-refractivity contribution is -0.130. The number of halogens is 2. The van der Waals surface area contributed by atoms with Crippen LogP contribution < -0.4 is 5.32 Å². The van der Waals surface area contributed by atoms with Crippen LogP contribution in [0.4, 0.5) is 4.79 Å². The molecule has 3 heterocycles. The molecule has 0 radical (unpaired) electrons. The van der Waals surface area contributed by atoms with E-state index < -0.39 is 17.8 Å². The zero-order valence-corrected chi connectivity index (χ0v) is 17.0. The molecule has 0 bridgehead atoms. The molecule has 0 unspecified atom stereocenters. The quantitative estimate of drug-likeness (QED) is 0.475. The zero-order valence-electron chi connectivity index (χ0n) is 15.5. The maximum atomic E-state index is 12.8. The Morgan fingerprint density at radius 3 is 2.57 bits per heavy atom. The van der Waals surface area contributed by atoms with Gasteiger partial charge in [0.15, 0.2) is 0 Å². The number of nitrogens with zero attached hydrogens (tertiary/aromatic N) is 2. The minimum Gasteiger partial charge on any atom is -0.467 e. The Morgan fingerprint density at radius 2 is 1.83 bits per heavy atom. The average Bonchev–Trinajstić information content (AvgIpc) is 3.37. The van der Waals surface area contributed by atoms with Crippen LogP contribution in [0.5, 0.6) is 0 Å². The van der Waals surface area contributed by atoms with E-state index in [-0.39, 0.29) is 12.1 Å². The molecule has 7 nitrogen and oxygen atoms in total. The normalized spacial score (nSPS) is 15.7. The SMILES string of the molecule is O=C1NC(=O)N(Cc2ccco2)C(=O)/C1=C\c1cccn1Cc1ccc(Cl)c(Cl)c1. The van der Waals surface area contributed by atoms with Crippen molar-refractivity contribution in [3.05, 3.63) is 87.6 Å². The fourth-order valence-corrected chi connectivity index (χ4v) is 3.40. The van der Waals surface area contributed by atoms with Crippen LogP contribution in [0.1, 0.15) is 17.0 Å². The number of hydrogen-bond donors (Lipinski definition) is 1. The number of amides is 4. The van der Waals surface area contributed by atoms with Gasteiger partial charge < -0.3 is 8.98 Å². The van der Waals surface area contributed by atoms with Gasteiger partial charge in [0, 0.05) is 18.4 Å². The highest BCUT2D eigenvalue weighted by Crippen LogP contribution is 2.24. The number of nitrogens with one attached hydrogen (secondary N) is 1. The van der Waals surface area contributed by atoms with E-state index in [4.69, 9.17) is 27.6 Å². The number of imide groups is 2. The molecule has 1 saturated heterocycles. The van der Waals surface area contributed by atoms with E-state index in [1.54, 1.807) is 36.4 Å². The zero-order chi connectivity index (χ0) is 21.3. The highest BCUT2D eigenvalue weighted by atomic mass is 35.5. The van der Waals surface area contributed by atoms with Crippen molar-refractivity contribution in [2.75, 3.05) is 0 Å². The van der Waals surface area contributed by atoms with Crippen LogP contribution in [0.15, 0.2) is 64.9 Å². The predicted molar refractivity (Wildman–Crippen MR) is 111 cm³/mol. The van der Waals surface area contributed by atoms with Gasteiger partial charge in [-0.25, -0.2) is 4.79 Å². The molecular weight excluding hydrogens is 429 g/mol. The number of furan rings is 1. The van der Waals surface area contributed by atoms with Gasteiger partial charge in [0.1, 0.15) is 11.3 Å². The monoisotopic (exact) mass is 443 g/mol. The second-order valence-corrected chi connectivity index (χ2v) is 7.41. The van der Waals surface area contributed by atoms with E-state index in [9.17, 15) is 14.4 Å². The third-order valence-corrected chi connectivity index (χ3v) is 5.31. The molecule has 0 saturated carbocycles. The highest BCUT2D eigenvalue weighted by molar-refractivity contribution is 6.42. The Labute approximate surface area is 181 Å². The first-order valence-corrected chi connectivity index (χ1v) is 9.68. The van der Waals surface area contributed by atoms with Gasteiger partial charge in [-0.1, -0.05) is 29.3 Å². The summed E-state index contributed by atoms with van der Waals surface area (Å²) >= 11 is 12.0. The Morgan fingerprint density at radius 1 is 1.00 bits per heavy atom. The number of carbonyl (C=O) groups excluding carboxylic acids is 3. The lowest BCUT2D eigenvalue weighted by Crippen LogP contribution is -2.53. The van der Waals surface area contributed by atoms with Crippen LogP contribution in [0.2, 0.25) is 10.0 Å². The molecule has 1 aromatic carbocycles. The van der Waals surface area contributed by atoms with Crippen molar-refractivity contribution in [3.8, 4) is 0 Å². The molecule has 3 aromatic rings. The van der Waals surface area contributed by atoms with Crippen LogP contribution in [-0.2, 0) is 22.7 Å². The lowest BCUT2D eigenvalue weighted by Gasteiger charge is -2.25. The van der Waals surface area contributed by atoms with E-state index >= 15 is 0 Å². The average molecular weight is 444 g/mol. The van der Waals surface area contributed by atoms with Crippen molar-refractivity contribution in [2.45, 2.75) is 13.1 Å². The van der Waals surface area contributed by atoms with Crippen molar-refractivity contribution in [1.29, 1.82) is 0 Å². The molecule has 2 aromatic heterocycles. The third kappa shape index (κ3) is 4.03. The molecule has 0 aliphatic carbocycles. The maximum Gasteiger partial charge on any atom is 0.331 e. The molecule has 152 valence electrons. The summed E-state index contributed by atoms with van der Waals surface area (Å²) in [6.07, 6.45) is 4.71. The van der Waals surface area contributed by atoms with Crippen LogP contribution in [0, 0.1) is 0 Å². The van der Waals surface area contributed by atoms with Crippen molar-refractivity contribution >= 4 is 47.1 Å². The van der Waals surface area contributed by atoms with Gasteiger partial charge in [0.2, 0.25) is 0 Å². The first kappa shape index (κ1) is 20.0. The van der Waals surface area contributed by atoms with E-state index in [1.165, 1.54) is 12.3 Å². The van der Waals surface area contributed by atoms with E-state index in [0.29, 0.717) is 28.0 Å². The lowest BCUT2D eigenvalue weighted by atomic mass is 10.1. The summed E-state index contributed by atoms with van der Waals surface area (Å²) in [6.45, 7) is 0.375. The second kappa shape index (κ2) is 8.22. The van der Waals surface area contributed by atoms with Crippen LogP contribution in [0.3, 0.4) is 0 Å². The number of aromatic nitrogens is 1. The molecule has 4 amide bonds. The van der Waals surface area contributed by atoms with Gasteiger partial charge in [-0.3, -0.25) is 19.8 Å². The molecular formula is C21H15Cl2N3O4. The fourth-order valence-electron chi connectivity index (χ4n) is 3.08. The van der Waals surface area contributed by atoms with E-state index in [2.05, 4.69) is 5.32 Å². The second-order valence-electron chi connectivity index (χ2n) is 6.60. The van der Waals surface area contributed by atoms with E-state index in [1.807, 2.05) is 16.8 Å². The summed E-state index contributed by atoms with van der Waals surface area (Å²) in [7, 11) is 0. The van der Waals surface area contributed by atoms with Gasteiger partial charge in [0.05, 0.1) is 22.9 Å². The predicted octanol–water partition coefficient (Wildman–Crippen LogP) is 4.10. The minimum absolute atomic E-state index is 0.0768. The Bertz CT molecular complexity index is 1160. The molecule has 30 heavy (non-hydrogen) atoms. The first-order chi connectivity index (χ1) is 14.4. The summed E-state index contributed by atoms with van der Waals surface area (Å²) in [5.41, 5.74) is 1.37. The summed E-state index contributed by atoms with van der Waals surface area (Å²) in [5, 5.41) is 3.09. The Hall–Kier alpha value is -3.29. The highest BCUT2D eigenvalue weighted by Gasteiger charge is 2.36. The van der Waals surface area contributed by atoms with Gasteiger partial charge in [-0.05, 0) is 48.0 Å². The number of urea groups is 1. The van der Waals surface area contributed by atoms with Crippen LogP contribution >= 0.6 is 23.2 Å². The number of barbiturate groups is 1. The molecule has 0 spiro atoms. The van der Waals surface area contributed by atoms with Crippen LogP contribution in [-0.4, -0.2) is 27.3 Å². The number of benzene rings is 1. The third-order valence-electron chi connectivity index (χ3n) is 4.57. The van der Waals surface area contributed by atoms with Crippen molar-refractivity contribution in [1.82, 2.24) is 14.8 Å². The van der Waals surface area contributed by atoms with Crippen molar-refractivity contribution in [2.24, 2.45) is 0 Å². The standard InChI is InChI=1S/C21H15Cl2N3O4/c22-17-6-5-13(9-18(17)23)11-25-7-1-3-14(25)10-16-19(27)24-21(29)26(20(16)28)12-15-4-2-8-30-15/h1-10H,11-12H2,(H,24,27,29)/b16-10-. The van der Waals surface area contributed by atoms with Gasteiger partial charge >= 0.3 is 6.03 Å². The van der Waals surface area contributed by atoms with Crippen molar-refractivity contribution in [3.63, 3.8) is 0 Å². The molecule has 1 N–H and O–H groups in total. The molecule has 9 heteroatoms. The molecule has 1 aliphatic heterocycles. The summed E-state index contributed by atoms with van der Waals surface area (Å²) in [5.74, 6) is -1.01. The fraction of sp³-hybridized carbons (Fsp3) is 0.0952. The Balaban J connectivity index is 1.61. The van der Waals surface area contributed by atoms with Crippen LogP contribution in [0.25, 0.3) is 6.08 Å². The Kier molecular flexibility index (Phi) is 5.48. The van der Waals surface area contributed by atoms with Gasteiger partial charge in [-0.15, -0.1) is 0 Å². The summed E-state index contributed by atoms with van der Waals surface area (Å²) in [4.78, 5) is 38.2. The molecule has 0 atom stereocenters. The van der Waals surface area contributed by atoms with Gasteiger partial charge in [-0.2, -0.15) is 0 Å². The topological polar surface area (TPSA) is 84.6 Å². The van der Waals surface area contributed by atoms with Gasteiger partial charge in [0.25, 0.3) is 11.8 Å². The number of carbonyl (C=O) groups is 3. The first-order valence-electron chi connectivity index (χ1n) is 8.92. The molecule has 1 fully saturated rings. The molecule has 1 aliphatic rings. The minimum atomic E-state index is -0.787. The summed E-state index contributed by atoms with van der Waals surface area (Å²) < 4.78 is 7.05. The number of hydrogen-bond acceptors (Lipinski definition) is 4. The van der Waals surface area contributed by atoms with Crippen molar-refractivity contribution < 1.29 is 18.8 Å². The number of rotatable bonds is 5.